The van der Waals surface area contributed by atoms with Crippen LogP contribution in [0.3, 0.4) is 0 Å². The van der Waals surface area contributed by atoms with Gasteiger partial charge in [0, 0.05) is 37.5 Å². The highest BCUT2D eigenvalue weighted by molar-refractivity contribution is 5.75. The second kappa shape index (κ2) is 8.40. The van der Waals surface area contributed by atoms with Gasteiger partial charge in [-0.1, -0.05) is 57.1 Å². The summed E-state index contributed by atoms with van der Waals surface area (Å²) in [6.07, 6.45) is 4.15. The number of rotatable bonds is 3. The number of aryl methyl sites for hydroxylation is 1. The second-order valence-corrected chi connectivity index (χ2v) is 9.81. The van der Waals surface area contributed by atoms with Crippen molar-refractivity contribution >= 4 is 6.03 Å². The van der Waals surface area contributed by atoms with E-state index in [1.54, 1.807) is 0 Å². The summed E-state index contributed by atoms with van der Waals surface area (Å²) in [5.74, 6) is 1.72. The van der Waals surface area contributed by atoms with Crippen molar-refractivity contribution < 1.29 is 9.32 Å². The first-order valence-corrected chi connectivity index (χ1v) is 11.3. The molecule has 2 atom stereocenters. The molecule has 6 nitrogen and oxygen atoms in total. The molecule has 0 saturated carbocycles. The molecule has 1 aromatic carbocycles. The number of benzene rings is 1. The Labute approximate surface area is 179 Å². The van der Waals surface area contributed by atoms with E-state index in [9.17, 15) is 4.79 Å². The number of carbonyl (C=O) groups is 1. The molecule has 2 aliphatic heterocycles. The first-order chi connectivity index (χ1) is 14.3. The van der Waals surface area contributed by atoms with Crippen LogP contribution < -0.4 is 0 Å². The molecule has 0 radical (unpaired) electrons. The van der Waals surface area contributed by atoms with Crippen LogP contribution in [0.4, 0.5) is 4.79 Å². The maximum Gasteiger partial charge on any atom is 0.320 e. The van der Waals surface area contributed by atoms with Gasteiger partial charge < -0.3 is 14.3 Å². The number of aromatic nitrogens is 2. The molecule has 30 heavy (non-hydrogen) atoms. The summed E-state index contributed by atoms with van der Waals surface area (Å²) in [4.78, 5) is 21.9. The third kappa shape index (κ3) is 4.37. The normalized spacial score (nSPS) is 22.5. The quantitative estimate of drug-likeness (QED) is 0.735. The Balaban J connectivity index is 1.60. The maximum absolute atomic E-state index is 13.2. The van der Waals surface area contributed by atoms with Crippen LogP contribution in [0.25, 0.3) is 0 Å². The SMILES string of the molecule is CCc1ccc(C2CC(c3nc(C(C)(C)C)no3)CN(C(=O)N3CCCC3)C2)cc1. The van der Waals surface area contributed by atoms with Crippen molar-refractivity contribution in [3.8, 4) is 0 Å². The van der Waals surface area contributed by atoms with E-state index in [4.69, 9.17) is 9.51 Å². The van der Waals surface area contributed by atoms with E-state index in [1.807, 2.05) is 9.80 Å². The fourth-order valence-electron chi connectivity index (χ4n) is 4.52. The largest absolute Gasteiger partial charge is 0.339 e. The van der Waals surface area contributed by atoms with Crippen LogP contribution in [0.2, 0.25) is 0 Å². The number of amides is 2. The second-order valence-electron chi connectivity index (χ2n) is 9.81. The molecule has 2 saturated heterocycles. The predicted molar refractivity (Wildman–Crippen MR) is 117 cm³/mol. The van der Waals surface area contributed by atoms with Crippen molar-refractivity contribution in [2.75, 3.05) is 26.2 Å². The number of piperidine rings is 1. The van der Waals surface area contributed by atoms with Crippen LogP contribution in [0.15, 0.2) is 28.8 Å². The Bertz CT molecular complexity index is 862. The van der Waals surface area contributed by atoms with Gasteiger partial charge in [0.05, 0.1) is 5.92 Å². The number of hydrogen-bond acceptors (Lipinski definition) is 4. The lowest BCUT2D eigenvalue weighted by Crippen LogP contribution is -2.48. The first kappa shape index (κ1) is 20.9. The van der Waals surface area contributed by atoms with Crippen LogP contribution in [-0.2, 0) is 11.8 Å². The van der Waals surface area contributed by atoms with Gasteiger partial charge in [-0.2, -0.15) is 4.98 Å². The number of nitrogens with zero attached hydrogens (tertiary/aromatic N) is 4. The van der Waals surface area contributed by atoms with E-state index >= 15 is 0 Å². The highest BCUT2D eigenvalue weighted by Crippen LogP contribution is 2.36. The van der Waals surface area contributed by atoms with Gasteiger partial charge in [0.2, 0.25) is 5.89 Å². The Morgan fingerprint density at radius 3 is 2.33 bits per heavy atom. The summed E-state index contributed by atoms with van der Waals surface area (Å²) in [5.41, 5.74) is 2.46. The van der Waals surface area contributed by atoms with Crippen molar-refractivity contribution in [1.82, 2.24) is 19.9 Å². The molecular weight excluding hydrogens is 376 g/mol. The monoisotopic (exact) mass is 410 g/mol. The Morgan fingerprint density at radius 1 is 1.07 bits per heavy atom. The van der Waals surface area contributed by atoms with Gasteiger partial charge in [0.25, 0.3) is 0 Å². The average Bonchev–Trinajstić information content (AvgIpc) is 3.45. The van der Waals surface area contributed by atoms with E-state index in [-0.39, 0.29) is 23.3 Å². The summed E-state index contributed by atoms with van der Waals surface area (Å²) >= 11 is 0. The van der Waals surface area contributed by atoms with Gasteiger partial charge in [-0.05, 0) is 36.8 Å². The van der Waals surface area contributed by atoms with Crippen LogP contribution in [0, 0.1) is 0 Å². The van der Waals surface area contributed by atoms with E-state index in [0.717, 1.165) is 51.1 Å². The van der Waals surface area contributed by atoms with Gasteiger partial charge in [-0.3, -0.25) is 0 Å². The minimum absolute atomic E-state index is 0.0600. The van der Waals surface area contributed by atoms with Crippen molar-refractivity contribution in [2.45, 2.75) is 70.6 Å². The molecule has 2 aromatic rings. The van der Waals surface area contributed by atoms with E-state index in [1.165, 1.54) is 11.1 Å². The minimum Gasteiger partial charge on any atom is -0.339 e. The van der Waals surface area contributed by atoms with Crippen molar-refractivity contribution in [1.29, 1.82) is 0 Å². The number of carbonyl (C=O) groups excluding carboxylic acids is 1. The van der Waals surface area contributed by atoms with Gasteiger partial charge in [0.1, 0.15) is 0 Å². The van der Waals surface area contributed by atoms with Gasteiger partial charge in [-0.15, -0.1) is 0 Å². The van der Waals surface area contributed by atoms with Crippen LogP contribution in [-0.4, -0.2) is 52.2 Å². The first-order valence-electron chi connectivity index (χ1n) is 11.3. The van der Waals surface area contributed by atoms with Crippen LogP contribution in [0.5, 0.6) is 0 Å². The Hall–Kier alpha value is -2.37. The highest BCUT2D eigenvalue weighted by Gasteiger charge is 2.37. The molecule has 0 N–H and O–H groups in total. The fourth-order valence-corrected chi connectivity index (χ4v) is 4.52. The number of likely N-dealkylation sites (tertiary alicyclic amines) is 2. The third-order valence-corrected chi connectivity index (χ3v) is 6.42. The summed E-state index contributed by atoms with van der Waals surface area (Å²) in [7, 11) is 0. The summed E-state index contributed by atoms with van der Waals surface area (Å²) in [5, 5.41) is 4.23. The summed E-state index contributed by atoms with van der Waals surface area (Å²) in [6.45, 7) is 11.6. The smallest absolute Gasteiger partial charge is 0.320 e. The molecule has 2 fully saturated rings. The molecule has 0 spiro atoms. The molecule has 2 unspecified atom stereocenters. The van der Waals surface area contributed by atoms with E-state index in [0.29, 0.717) is 12.4 Å². The zero-order chi connectivity index (χ0) is 21.3. The average molecular weight is 411 g/mol. The lowest BCUT2D eigenvalue weighted by Gasteiger charge is -2.38. The minimum atomic E-state index is -0.156. The standard InChI is InChI=1S/C24H34N4O2/c1-5-17-8-10-18(11-9-17)19-14-20(21-25-22(26-30-21)24(2,3)4)16-28(15-19)23(29)27-12-6-7-13-27/h8-11,19-20H,5-7,12-16H2,1-4H3. The van der Waals surface area contributed by atoms with E-state index < -0.39 is 0 Å². The Kier molecular flexibility index (Phi) is 5.85. The van der Waals surface area contributed by atoms with Gasteiger partial charge in [0.15, 0.2) is 5.82 Å². The van der Waals surface area contributed by atoms with Crippen molar-refractivity contribution in [3.63, 3.8) is 0 Å². The van der Waals surface area contributed by atoms with Crippen molar-refractivity contribution in [2.24, 2.45) is 0 Å². The maximum atomic E-state index is 13.2. The topological polar surface area (TPSA) is 62.5 Å². The lowest BCUT2D eigenvalue weighted by molar-refractivity contribution is 0.134. The fraction of sp³-hybridized carbons (Fsp3) is 0.625. The highest BCUT2D eigenvalue weighted by atomic mass is 16.5. The molecular formula is C24H34N4O2. The molecule has 4 rings (SSSR count). The molecule has 3 heterocycles. The molecule has 1 aromatic heterocycles. The van der Waals surface area contributed by atoms with Crippen molar-refractivity contribution in [3.05, 3.63) is 47.1 Å². The zero-order valence-electron chi connectivity index (χ0n) is 18.7. The zero-order valence-corrected chi connectivity index (χ0v) is 18.7. The summed E-state index contributed by atoms with van der Waals surface area (Å²) < 4.78 is 5.69. The third-order valence-electron chi connectivity index (χ3n) is 6.42. The molecule has 162 valence electrons. The number of urea groups is 1. The Morgan fingerprint density at radius 2 is 1.73 bits per heavy atom. The molecule has 2 amide bonds. The predicted octanol–water partition coefficient (Wildman–Crippen LogP) is 4.72. The van der Waals surface area contributed by atoms with Gasteiger partial charge >= 0.3 is 6.03 Å². The molecule has 2 aliphatic rings. The van der Waals surface area contributed by atoms with Crippen LogP contribution in [0.1, 0.15) is 81.6 Å². The van der Waals surface area contributed by atoms with Gasteiger partial charge in [-0.25, -0.2) is 4.79 Å². The number of hydrogen-bond donors (Lipinski definition) is 0. The molecule has 0 bridgehead atoms. The van der Waals surface area contributed by atoms with Crippen LogP contribution >= 0.6 is 0 Å². The van der Waals surface area contributed by atoms with E-state index in [2.05, 4.69) is 57.1 Å². The molecule has 6 heteroatoms. The summed E-state index contributed by atoms with van der Waals surface area (Å²) in [6, 6.07) is 9.01. The molecule has 0 aliphatic carbocycles. The lowest BCUT2D eigenvalue weighted by atomic mass is 9.84.